The van der Waals surface area contributed by atoms with Crippen LogP contribution in [0.15, 0.2) is 60.7 Å². The lowest BCUT2D eigenvalue weighted by Crippen LogP contribution is -2.44. The lowest BCUT2D eigenvalue weighted by Gasteiger charge is -2.35. The van der Waals surface area contributed by atoms with Crippen molar-refractivity contribution in [3.8, 4) is 0 Å². The number of aliphatic carboxylic acids is 1. The molecule has 2 aromatic rings. The largest absolute Gasteiger partial charge is 0.481 e. The molecule has 1 saturated heterocycles. The van der Waals surface area contributed by atoms with Gasteiger partial charge in [-0.05, 0) is 43.2 Å². The fourth-order valence-corrected chi connectivity index (χ4v) is 4.00. The molecule has 0 bridgehead atoms. The highest BCUT2D eigenvalue weighted by Crippen LogP contribution is 2.25. The third-order valence-electron chi connectivity index (χ3n) is 5.76. The van der Waals surface area contributed by atoms with Crippen molar-refractivity contribution >= 4 is 5.97 Å². The summed E-state index contributed by atoms with van der Waals surface area (Å²) in [7, 11) is 0. The zero-order chi connectivity index (χ0) is 22.6. The fraction of sp³-hybridized carbons (Fsp3) is 0.500. The molecule has 0 unspecified atom stereocenters. The van der Waals surface area contributed by atoms with Crippen LogP contribution >= 0.6 is 0 Å². The number of aliphatic hydroxyl groups is 1. The zero-order valence-corrected chi connectivity index (χ0v) is 18.5. The Bertz CT molecular complexity index is 781. The molecule has 1 fully saturated rings. The second-order valence-electron chi connectivity index (χ2n) is 8.33. The van der Waals surface area contributed by atoms with Gasteiger partial charge >= 0.3 is 5.97 Å². The molecule has 0 amide bonds. The van der Waals surface area contributed by atoms with Crippen LogP contribution in [0.5, 0.6) is 0 Å². The van der Waals surface area contributed by atoms with Crippen molar-refractivity contribution in [2.75, 3.05) is 6.61 Å². The highest BCUT2D eigenvalue weighted by atomic mass is 16.6. The van der Waals surface area contributed by atoms with Crippen LogP contribution in [-0.2, 0) is 32.2 Å². The monoisotopic (exact) mass is 442 g/mol. The number of hydrogen-bond donors (Lipinski definition) is 2. The molecule has 6 nitrogen and oxygen atoms in total. The molecule has 0 saturated carbocycles. The second kappa shape index (κ2) is 13.3. The first-order valence-corrected chi connectivity index (χ1v) is 11.4. The molecule has 32 heavy (non-hydrogen) atoms. The zero-order valence-electron chi connectivity index (χ0n) is 18.5. The SMILES string of the molecule is O=C(O)CCC[C@@H]1O[C@H](COCc2ccccc2)[C@@H](OCc2ccccc2)CCC[C@H]1O. The maximum atomic E-state index is 10.9. The Hall–Kier alpha value is -2.25. The van der Waals surface area contributed by atoms with E-state index in [2.05, 4.69) is 0 Å². The van der Waals surface area contributed by atoms with E-state index in [-0.39, 0.29) is 18.6 Å². The number of carboxylic acids is 1. The lowest BCUT2D eigenvalue weighted by atomic mass is 9.96. The summed E-state index contributed by atoms with van der Waals surface area (Å²) in [6.07, 6.45) is 1.67. The van der Waals surface area contributed by atoms with E-state index in [9.17, 15) is 9.90 Å². The van der Waals surface area contributed by atoms with E-state index in [1.807, 2.05) is 60.7 Å². The minimum Gasteiger partial charge on any atom is -0.481 e. The Morgan fingerprint density at radius 2 is 1.59 bits per heavy atom. The van der Waals surface area contributed by atoms with Gasteiger partial charge in [-0.1, -0.05) is 60.7 Å². The molecule has 1 heterocycles. The van der Waals surface area contributed by atoms with Crippen molar-refractivity contribution in [2.24, 2.45) is 0 Å². The molecule has 174 valence electrons. The summed E-state index contributed by atoms with van der Waals surface area (Å²) in [4.78, 5) is 10.9. The van der Waals surface area contributed by atoms with E-state index >= 15 is 0 Å². The highest BCUT2D eigenvalue weighted by molar-refractivity contribution is 5.66. The van der Waals surface area contributed by atoms with Gasteiger partial charge in [-0.2, -0.15) is 0 Å². The minimum absolute atomic E-state index is 0.0652. The van der Waals surface area contributed by atoms with Gasteiger partial charge in [0.1, 0.15) is 6.10 Å². The molecular weight excluding hydrogens is 408 g/mol. The maximum absolute atomic E-state index is 10.9. The van der Waals surface area contributed by atoms with E-state index in [0.717, 1.165) is 24.0 Å². The molecule has 0 aromatic heterocycles. The van der Waals surface area contributed by atoms with Crippen molar-refractivity contribution in [1.29, 1.82) is 0 Å². The van der Waals surface area contributed by atoms with Gasteiger partial charge in [0.15, 0.2) is 0 Å². The highest BCUT2D eigenvalue weighted by Gasteiger charge is 2.32. The quantitative estimate of drug-likeness (QED) is 0.538. The average molecular weight is 443 g/mol. The average Bonchev–Trinajstić information content (AvgIpc) is 2.80. The van der Waals surface area contributed by atoms with Gasteiger partial charge in [0.05, 0.1) is 38.1 Å². The van der Waals surface area contributed by atoms with Gasteiger partial charge in [-0.25, -0.2) is 0 Å². The third-order valence-corrected chi connectivity index (χ3v) is 5.76. The Morgan fingerprint density at radius 1 is 0.938 bits per heavy atom. The molecule has 1 aliphatic rings. The first-order chi connectivity index (χ1) is 15.6. The van der Waals surface area contributed by atoms with Crippen LogP contribution in [0.4, 0.5) is 0 Å². The molecule has 4 atom stereocenters. The van der Waals surface area contributed by atoms with Crippen LogP contribution in [0.1, 0.15) is 49.7 Å². The van der Waals surface area contributed by atoms with Crippen molar-refractivity contribution in [3.05, 3.63) is 71.8 Å². The number of rotatable bonds is 11. The summed E-state index contributed by atoms with van der Waals surface area (Å²) in [6.45, 7) is 1.30. The Balaban J connectivity index is 1.64. The van der Waals surface area contributed by atoms with E-state index < -0.39 is 18.2 Å². The van der Waals surface area contributed by atoms with Crippen LogP contribution in [0, 0.1) is 0 Å². The summed E-state index contributed by atoms with van der Waals surface area (Å²) in [5.74, 6) is -0.836. The van der Waals surface area contributed by atoms with Gasteiger partial charge in [-0.3, -0.25) is 4.79 Å². The van der Waals surface area contributed by atoms with Gasteiger partial charge in [0.25, 0.3) is 0 Å². The van der Waals surface area contributed by atoms with Crippen LogP contribution < -0.4 is 0 Å². The smallest absolute Gasteiger partial charge is 0.303 e. The number of carbonyl (C=O) groups is 1. The summed E-state index contributed by atoms with van der Waals surface area (Å²) >= 11 is 0. The number of carboxylic acid groups (broad SMARTS) is 1. The van der Waals surface area contributed by atoms with Gasteiger partial charge in [-0.15, -0.1) is 0 Å². The van der Waals surface area contributed by atoms with E-state index in [0.29, 0.717) is 39.1 Å². The van der Waals surface area contributed by atoms with Crippen LogP contribution in [0.3, 0.4) is 0 Å². The normalized spacial score (nSPS) is 23.9. The van der Waals surface area contributed by atoms with Gasteiger partial charge < -0.3 is 24.4 Å². The summed E-state index contributed by atoms with van der Waals surface area (Å²) in [5.41, 5.74) is 2.18. The Labute approximate surface area is 190 Å². The van der Waals surface area contributed by atoms with Crippen LogP contribution in [-0.4, -0.2) is 47.2 Å². The van der Waals surface area contributed by atoms with E-state index in [1.54, 1.807) is 0 Å². The number of aliphatic hydroxyl groups excluding tert-OH is 1. The molecule has 2 aromatic carbocycles. The van der Waals surface area contributed by atoms with Gasteiger partial charge in [0, 0.05) is 6.42 Å². The van der Waals surface area contributed by atoms with E-state index in [1.165, 1.54) is 0 Å². The molecule has 3 rings (SSSR count). The van der Waals surface area contributed by atoms with E-state index in [4.69, 9.17) is 19.3 Å². The predicted octanol–water partition coefficient (Wildman–Crippen LogP) is 4.34. The minimum atomic E-state index is -0.836. The lowest BCUT2D eigenvalue weighted by molar-refractivity contribution is -0.170. The van der Waals surface area contributed by atoms with Crippen molar-refractivity contribution in [3.63, 3.8) is 0 Å². The van der Waals surface area contributed by atoms with Crippen molar-refractivity contribution < 1.29 is 29.2 Å². The number of ether oxygens (including phenoxy) is 3. The molecule has 1 aliphatic heterocycles. The van der Waals surface area contributed by atoms with Crippen LogP contribution in [0.2, 0.25) is 0 Å². The van der Waals surface area contributed by atoms with Crippen LogP contribution in [0.25, 0.3) is 0 Å². The molecule has 0 aliphatic carbocycles. The molecule has 2 N–H and O–H groups in total. The van der Waals surface area contributed by atoms with Crippen molar-refractivity contribution in [1.82, 2.24) is 0 Å². The molecule has 0 radical (unpaired) electrons. The first-order valence-electron chi connectivity index (χ1n) is 11.4. The van der Waals surface area contributed by atoms with Crippen molar-refractivity contribution in [2.45, 2.75) is 76.2 Å². The molecule has 6 heteroatoms. The maximum Gasteiger partial charge on any atom is 0.303 e. The topological polar surface area (TPSA) is 85.2 Å². The second-order valence-corrected chi connectivity index (χ2v) is 8.33. The Morgan fingerprint density at radius 3 is 2.25 bits per heavy atom. The first kappa shape index (κ1) is 24.4. The fourth-order valence-electron chi connectivity index (χ4n) is 4.00. The molecule has 0 spiro atoms. The number of hydrogen-bond acceptors (Lipinski definition) is 5. The summed E-state index contributed by atoms with van der Waals surface area (Å²) < 4.78 is 18.6. The predicted molar refractivity (Wildman–Crippen MR) is 121 cm³/mol. The summed E-state index contributed by atoms with van der Waals surface area (Å²) in [6, 6.07) is 20.0. The molecular formula is C26H34O6. The Kier molecular flexibility index (Phi) is 10.2. The number of benzene rings is 2. The van der Waals surface area contributed by atoms with Gasteiger partial charge in [0.2, 0.25) is 0 Å². The third kappa shape index (κ3) is 8.36. The summed E-state index contributed by atoms with van der Waals surface area (Å²) in [5, 5.41) is 19.6. The standard InChI is InChI=1S/C26H34O6/c27-22-13-7-15-24(31-18-21-11-5-2-6-12-21)25(32-23(22)14-8-16-26(28)29)19-30-17-20-9-3-1-4-10-20/h1-6,9-12,22-25,27H,7-8,13-19H2,(H,28,29)/t22-,23+,24+,25-/m1/s1.